The molecule has 0 aromatic carbocycles. The van der Waals surface area contributed by atoms with Crippen LogP contribution in [0.25, 0.3) is 0 Å². The zero-order valence-electron chi connectivity index (χ0n) is 11.0. The lowest BCUT2D eigenvalue weighted by molar-refractivity contribution is -0.147. The minimum atomic E-state index is -0.696. The van der Waals surface area contributed by atoms with Crippen LogP contribution in [-0.4, -0.2) is 24.5 Å². The van der Waals surface area contributed by atoms with Gasteiger partial charge in [-0.05, 0) is 19.1 Å². The van der Waals surface area contributed by atoms with Gasteiger partial charge in [0.05, 0.1) is 6.61 Å². The van der Waals surface area contributed by atoms with Crippen molar-refractivity contribution in [1.29, 1.82) is 0 Å². The normalized spacial score (nSPS) is 11.9. The van der Waals surface area contributed by atoms with Crippen molar-refractivity contribution >= 4 is 11.9 Å². The van der Waals surface area contributed by atoms with Gasteiger partial charge in [-0.15, -0.1) is 0 Å². The number of aryl methyl sites for hydroxylation is 1. The molecule has 1 rings (SSSR count). The molecule has 0 saturated carbocycles. The maximum Gasteiger partial charge on any atom is 0.329 e. The fourth-order valence-corrected chi connectivity index (χ4v) is 1.60. The second-order valence-electron chi connectivity index (χ2n) is 3.93. The molecule has 0 aliphatic heterocycles. The van der Waals surface area contributed by atoms with E-state index < -0.39 is 12.0 Å². The summed E-state index contributed by atoms with van der Waals surface area (Å²) in [4.78, 5) is 22.7. The standard InChI is InChI=1S/C13H19NO4/c1-4-10-6-7-11(18-10)8-12(14-9(3)15)13(16)17-5-2/h6-7,12H,4-5,8H2,1-3H3,(H,14,15). The summed E-state index contributed by atoms with van der Waals surface area (Å²) in [5.41, 5.74) is 0. The molecule has 1 amide bonds. The van der Waals surface area contributed by atoms with Gasteiger partial charge >= 0.3 is 5.97 Å². The first-order chi connectivity index (χ1) is 8.56. The molecule has 0 saturated heterocycles. The first kappa shape index (κ1) is 14.3. The van der Waals surface area contributed by atoms with Gasteiger partial charge in [-0.3, -0.25) is 4.79 Å². The molecule has 1 atom stereocenters. The summed E-state index contributed by atoms with van der Waals surface area (Å²) in [5.74, 6) is 0.812. The lowest BCUT2D eigenvalue weighted by atomic mass is 10.1. The van der Waals surface area contributed by atoms with Gasteiger partial charge in [0.25, 0.3) is 0 Å². The average Bonchev–Trinajstić information content (AvgIpc) is 2.75. The van der Waals surface area contributed by atoms with Crippen LogP contribution in [0.1, 0.15) is 32.3 Å². The third-order valence-electron chi connectivity index (χ3n) is 2.42. The molecule has 0 aliphatic carbocycles. The number of hydrogen-bond acceptors (Lipinski definition) is 4. The number of esters is 1. The maximum atomic E-state index is 11.7. The smallest absolute Gasteiger partial charge is 0.329 e. The Labute approximate surface area is 106 Å². The predicted molar refractivity (Wildman–Crippen MR) is 66.0 cm³/mol. The van der Waals surface area contributed by atoms with Crippen LogP contribution in [0.2, 0.25) is 0 Å². The van der Waals surface area contributed by atoms with E-state index in [1.807, 2.05) is 19.1 Å². The zero-order valence-corrected chi connectivity index (χ0v) is 11.0. The summed E-state index contributed by atoms with van der Waals surface area (Å²) in [6, 6.07) is 2.98. The molecular formula is C13H19NO4. The van der Waals surface area contributed by atoms with E-state index in [-0.39, 0.29) is 12.5 Å². The Hall–Kier alpha value is -1.78. The van der Waals surface area contributed by atoms with E-state index in [2.05, 4.69) is 5.32 Å². The zero-order chi connectivity index (χ0) is 13.5. The molecule has 1 aromatic heterocycles. The summed E-state index contributed by atoms with van der Waals surface area (Å²) >= 11 is 0. The first-order valence-electron chi connectivity index (χ1n) is 6.08. The van der Waals surface area contributed by atoms with Crippen molar-refractivity contribution in [3.8, 4) is 0 Å². The Bertz CT molecular complexity index is 411. The molecule has 1 N–H and O–H groups in total. The molecule has 1 aromatic rings. The fraction of sp³-hybridized carbons (Fsp3) is 0.538. The maximum absolute atomic E-state index is 11.7. The SMILES string of the molecule is CCOC(=O)C(Cc1ccc(CC)o1)NC(C)=O. The van der Waals surface area contributed by atoms with Gasteiger partial charge in [0.1, 0.15) is 17.6 Å². The van der Waals surface area contributed by atoms with Gasteiger partial charge in [0, 0.05) is 19.8 Å². The average molecular weight is 253 g/mol. The van der Waals surface area contributed by atoms with Gasteiger partial charge < -0.3 is 14.5 Å². The van der Waals surface area contributed by atoms with Crippen LogP contribution in [0, 0.1) is 0 Å². The highest BCUT2D eigenvalue weighted by molar-refractivity contribution is 5.83. The molecule has 0 bridgehead atoms. The van der Waals surface area contributed by atoms with Crippen LogP contribution in [0.5, 0.6) is 0 Å². The van der Waals surface area contributed by atoms with Gasteiger partial charge in [0.2, 0.25) is 5.91 Å². The van der Waals surface area contributed by atoms with E-state index in [0.717, 1.165) is 12.2 Å². The Morgan fingerprint density at radius 2 is 2.00 bits per heavy atom. The number of nitrogens with one attached hydrogen (secondary N) is 1. The van der Waals surface area contributed by atoms with Gasteiger partial charge in [-0.1, -0.05) is 6.92 Å². The second kappa shape index (κ2) is 6.83. The molecule has 100 valence electrons. The van der Waals surface area contributed by atoms with Crippen LogP contribution in [0.4, 0.5) is 0 Å². The van der Waals surface area contributed by atoms with Crippen molar-refractivity contribution in [2.24, 2.45) is 0 Å². The number of rotatable bonds is 6. The van der Waals surface area contributed by atoms with Gasteiger partial charge in [0.15, 0.2) is 0 Å². The molecule has 5 nitrogen and oxygen atoms in total. The number of carbonyl (C=O) groups is 2. The number of amides is 1. The van der Waals surface area contributed by atoms with E-state index in [4.69, 9.17) is 9.15 Å². The number of hydrogen-bond donors (Lipinski definition) is 1. The lowest BCUT2D eigenvalue weighted by Crippen LogP contribution is -2.42. The van der Waals surface area contributed by atoms with Crippen LogP contribution < -0.4 is 5.32 Å². The summed E-state index contributed by atoms with van der Waals surface area (Å²) in [6.07, 6.45) is 1.10. The molecule has 5 heteroatoms. The van der Waals surface area contributed by atoms with Crippen LogP contribution >= 0.6 is 0 Å². The monoisotopic (exact) mass is 253 g/mol. The fourth-order valence-electron chi connectivity index (χ4n) is 1.60. The molecule has 1 heterocycles. The third-order valence-corrected chi connectivity index (χ3v) is 2.42. The van der Waals surface area contributed by atoms with Gasteiger partial charge in [-0.25, -0.2) is 4.79 Å². The Morgan fingerprint density at radius 3 is 2.50 bits per heavy atom. The quantitative estimate of drug-likeness (QED) is 0.779. The number of ether oxygens (including phenoxy) is 1. The third kappa shape index (κ3) is 4.24. The molecule has 0 spiro atoms. The topological polar surface area (TPSA) is 68.5 Å². The minimum Gasteiger partial charge on any atom is -0.466 e. The van der Waals surface area contributed by atoms with Crippen molar-refractivity contribution < 1.29 is 18.7 Å². The van der Waals surface area contributed by atoms with Crippen LogP contribution in [-0.2, 0) is 27.2 Å². The highest BCUT2D eigenvalue weighted by Gasteiger charge is 2.22. The first-order valence-corrected chi connectivity index (χ1v) is 6.08. The van der Waals surface area contributed by atoms with Crippen LogP contribution in [0.15, 0.2) is 16.5 Å². The van der Waals surface area contributed by atoms with E-state index >= 15 is 0 Å². The predicted octanol–water partition coefficient (Wildman–Crippen LogP) is 1.45. The molecule has 0 radical (unpaired) electrons. The van der Waals surface area contributed by atoms with Crippen molar-refractivity contribution in [1.82, 2.24) is 5.32 Å². The Kier molecular flexibility index (Phi) is 5.42. The molecule has 18 heavy (non-hydrogen) atoms. The highest BCUT2D eigenvalue weighted by atomic mass is 16.5. The summed E-state index contributed by atoms with van der Waals surface area (Å²) in [6.45, 7) is 5.36. The molecule has 1 unspecified atom stereocenters. The number of carbonyl (C=O) groups excluding carboxylic acids is 2. The van der Waals surface area contributed by atoms with Crippen molar-refractivity contribution in [2.45, 2.75) is 39.7 Å². The second-order valence-corrected chi connectivity index (χ2v) is 3.93. The van der Waals surface area contributed by atoms with Gasteiger partial charge in [-0.2, -0.15) is 0 Å². The molecule has 0 aliphatic rings. The van der Waals surface area contributed by atoms with Crippen LogP contribution in [0.3, 0.4) is 0 Å². The van der Waals surface area contributed by atoms with E-state index in [9.17, 15) is 9.59 Å². The minimum absolute atomic E-state index is 0.268. The summed E-state index contributed by atoms with van der Waals surface area (Å²) in [5, 5.41) is 2.57. The van der Waals surface area contributed by atoms with E-state index in [0.29, 0.717) is 12.2 Å². The lowest BCUT2D eigenvalue weighted by Gasteiger charge is -2.14. The highest BCUT2D eigenvalue weighted by Crippen LogP contribution is 2.11. The molecule has 0 fully saturated rings. The van der Waals surface area contributed by atoms with Crippen molar-refractivity contribution in [3.05, 3.63) is 23.7 Å². The summed E-state index contributed by atoms with van der Waals surface area (Å²) in [7, 11) is 0. The Balaban J connectivity index is 2.70. The van der Waals surface area contributed by atoms with E-state index in [1.165, 1.54) is 6.92 Å². The van der Waals surface area contributed by atoms with E-state index in [1.54, 1.807) is 6.92 Å². The number of furan rings is 1. The largest absolute Gasteiger partial charge is 0.466 e. The Morgan fingerprint density at radius 1 is 1.33 bits per heavy atom. The molecular weight excluding hydrogens is 234 g/mol. The van der Waals surface area contributed by atoms with Crippen molar-refractivity contribution in [3.63, 3.8) is 0 Å². The summed E-state index contributed by atoms with van der Waals surface area (Å²) < 4.78 is 10.4. The van der Waals surface area contributed by atoms with Crippen molar-refractivity contribution in [2.75, 3.05) is 6.61 Å².